The summed E-state index contributed by atoms with van der Waals surface area (Å²) in [5.74, 6) is -0.744. The summed E-state index contributed by atoms with van der Waals surface area (Å²) in [5, 5.41) is 12.0. The van der Waals surface area contributed by atoms with Crippen LogP contribution < -0.4 is 5.32 Å². The molecule has 1 aliphatic heterocycles. The van der Waals surface area contributed by atoms with Crippen LogP contribution in [0.4, 0.5) is 0 Å². The Hall–Kier alpha value is -0.570. The summed E-state index contributed by atoms with van der Waals surface area (Å²) in [4.78, 5) is 10.6. The van der Waals surface area contributed by atoms with Gasteiger partial charge in [-0.15, -0.1) is 0 Å². The summed E-state index contributed by atoms with van der Waals surface area (Å²) < 4.78 is 0. The molecule has 2 atom stereocenters. The second kappa shape index (κ2) is 3.72. The fourth-order valence-electron chi connectivity index (χ4n) is 1.54. The third-order valence-electron chi connectivity index (χ3n) is 2.34. The second-order valence-electron chi connectivity index (χ2n) is 3.12. The van der Waals surface area contributed by atoms with Gasteiger partial charge in [-0.2, -0.15) is 0 Å². The molecular weight excluding hydrogens is 142 g/mol. The SMILES string of the molecule is CC[C@@H]1C[C@H](C(=O)O)CCN1. The van der Waals surface area contributed by atoms with E-state index in [4.69, 9.17) is 5.11 Å². The van der Waals surface area contributed by atoms with Crippen molar-refractivity contribution in [2.45, 2.75) is 32.2 Å². The van der Waals surface area contributed by atoms with Gasteiger partial charge in [0, 0.05) is 6.04 Å². The number of carboxylic acids is 1. The molecular formula is C8H15NO2. The molecule has 11 heavy (non-hydrogen) atoms. The zero-order valence-electron chi connectivity index (χ0n) is 6.84. The molecule has 0 aromatic carbocycles. The number of hydrogen-bond donors (Lipinski definition) is 2. The Morgan fingerprint density at radius 2 is 2.45 bits per heavy atom. The third kappa shape index (κ3) is 2.19. The van der Waals surface area contributed by atoms with Crippen molar-refractivity contribution in [2.75, 3.05) is 6.54 Å². The van der Waals surface area contributed by atoms with Crippen molar-refractivity contribution in [2.24, 2.45) is 5.92 Å². The Bertz CT molecular complexity index is 147. The van der Waals surface area contributed by atoms with Crippen molar-refractivity contribution in [3.63, 3.8) is 0 Å². The molecule has 1 rings (SSSR count). The van der Waals surface area contributed by atoms with Crippen molar-refractivity contribution >= 4 is 5.97 Å². The van der Waals surface area contributed by atoms with Crippen molar-refractivity contribution in [1.29, 1.82) is 0 Å². The fraction of sp³-hybridized carbons (Fsp3) is 0.875. The number of nitrogens with one attached hydrogen (secondary N) is 1. The van der Waals surface area contributed by atoms with Crippen LogP contribution in [0.5, 0.6) is 0 Å². The van der Waals surface area contributed by atoms with Gasteiger partial charge in [-0.25, -0.2) is 0 Å². The third-order valence-corrected chi connectivity index (χ3v) is 2.34. The minimum absolute atomic E-state index is 0.110. The van der Waals surface area contributed by atoms with Crippen LogP contribution in [0.1, 0.15) is 26.2 Å². The van der Waals surface area contributed by atoms with Gasteiger partial charge in [0.05, 0.1) is 5.92 Å². The van der Waals surface area contributed by atoms with Crippen molar-refractivity contribution in [1.82, 2.24) is 5.32 Å². The van der Waals surface area contributed by atoms with Gasteiger partial charge in [0.25, 0.3) is 0 Å². The van der Waals surface area contributed by atoms with E-state index in [0.717, 1.165) is 25.8 Å². The number of carbonyl (C=O) groups is 1. The van der Waals surface area contributed by atoms with E-state index in [0.29, 0.717) is 6.04 Å². The summed E-state index contributed by atoms with van der Waals surface area (Å²) in [6, 6.07) is 0.421. The van der Waals surface area contributed by atoms with E-state index in [1.54, 1.807) is 0 Å². The number of carboxylic acid groups (broad SMARTS) is 1. The number of rotatable bonds is 2. The molecule has 1 fully saturated rings. The van der Waals surface area contributed by atoms with Crippen LogP contribution >= 0.6 is 0 Å². The van der Waals surface area contributed by atoms with Gasteiger partial charge in [0.2, 0.25) is 0 Å². The van der Waals surface area contributed by atoms with Gasteiger partial charge in [-0.05, 0) is 25.8 Å². The van der Waals surface area contributed by atoms with Gasteiger partial charge in [-0.3, -0.25) is 4.79 Å². The molecule has 0 aromatic rings. The number of hydrogen-bond acceptors (Lipinski definition) is 2. The highest BCUT2D eigenvalue weighted by molar-refractivity contribution is 5.70. The standard InChI is InChI=1S/C8H15NO2/c1-2-7-5-6(8(10)11)3-4-9-7/h6-7,9H,2-5H2,1H3,(H,10,11)/t6-,7-/m1/s1. The molecule has 0 bridgehead atoms. The first kappa shape index (κ1) is 8.53. The van der Waals surface area contributed by atoms with Crippen LogP contribution in [0.15, 0.2) is 0 Å². The lowest BCUT2D eigenvalue weighted by molar-refractivity contribution is -0.142. The fourth-order valence-corrected chi connectivity index (χ4v) is 1.54. The maximum atomic E-state index is 10.6. The van der Waals surface area contributed by atoms with Crippen molar-refractivity contribution < 1.29 is 9.90 Å². The van der Waals surface area contributed by atoms with Gasteiger partial charge >= 0.3 is 5.97 Å². The molecule has 64 valence electrons. The number of piperidine rings is 1. The lowest BCUT2D eigenvalue weighted by Crippen LogP contribution is -2.39. The molecule has 0 aliphatic carbocycles. The van der Waals surface area contributed by atoms with E-state index in [1.165, 1.54) is 0 Å². The van der Waals surface area contributed by atoms with E-state index in [-0.39, 0.29) is 5.92 Å². The summed E-state index contributed by atoms with van der Waals surface area (Å²) in [6.07, 6.45) is 2.61. The lowest BCUT2D eigenvalue weighted by atomic mass is 9.91. The van der Waals surface area contributed by atoms with Crippen molar-refractivity contribution in [3.05, 3.63) is 0 Å². The number of aliphatic carboxylic acids is 1. The summed E-state index contributed by atoms with van der Waals surface area (Å²) >= 11 is 0. The molecule has 1 saturated heterocycles. The van der Waals surface area contributed by atoms with E-state index >= 15 is 0 Å². The smallest absolute Gasteiger partial charge is 0.306 e. The zero-order chi connectivity index (χ0) is 8.27. The first-order chi connectivity index (χ1) is 5.24. The van der Waals surface area contributed by atoms with E-state index < -0.39 is 5.97 Å². The minimum Gasteiger partial charge on any atom is -0.481 e. The Labute approximate surface area is 66.8 Å². The quantitative estimate of drug-likeness (QED) is 0.624. The van der Waals surface area contributed by atoms with E-state index in [2.05, 4.69) is 12.2 Å². The molecule has 0 unspecified atom stereocenters. The molecule has 0 saturated carbocycles. The minimum atomic E-state index is -0.634. The van der Waals surface area contributed by atoms with Crippen LogP contribution in [-0.4, -0.2) is 23.7 Å². The first-order valence-corrected chi connectivity index (χ1v) is 4.20. The largest absolute Gasteiger partial charge is 0.481 e. The first-order valence-electron chi connectivity index (χ1n) is 4.20. The summed E-state index contributed by atoms with van der Waals surface area (Å²) in [6.45, 7) is 2.94. The van der Waals surface area contributed by atoms with Gasteiger partial charge in [0.15, 0.2) is 0 Å². The van der Waals surface area contributed by atoms with Gasteiger partial charge in [0.1, 0.15) is 0 Å². The molecule has 0 amide bonds. The highest BCUT2D eigenvalue weighted by Gasteiger charge is 2.24. The molecule has 2 N–H and O–H groups in total. The average molecular weight is 157 g/mol. The summed E-state index contributed by atoms with van der Waals surface area (Å²) in [5.41, 5.74) is 0. The van der Waals surface area contributed by atoms with Crippen LogP contribution in [0.25, 0.3) is 0 Å². The van der Waals surface area contributed by atoms with Crippen LogP contribution in [-0.2, 0) is 4.79 Å². The van der Waals surface area contributed by atoms with Gasteiger partial charge < -0.3 is 10.4 Å². The lowest BCUT2D eigenvalue weighted by Gasteiger charge is -2.26. The van der Waals surface area contributed by atoms with Crippen LogP contribution in [0.2, 0.25) is 0 Å². The van der Waals surface area contributed by atoms with Crippen LogP contribution in [0.3, 0.4) is 0 Å². The van der Waals surface area contributed by atoms with Gasteiger partial charge in [-0.1, -0.05) is 6.92 Å². The predicted octanol–water partition coefficient (Wildman–Crippen LogP) is 0.849. The monoisotopic (exact) mass is 157 g/mol. The molecule has 0 aromatic heterocycles. The maximum absolute atomic E-state index is 10.6. The van der Waals surface area contributed by atoms with E-state index in [1.807, 2.05) is 0 Å². The van der Waals surface area contributed by atoms with Crippen molar-refractivity contribution in [3.8, 4) is 0 Å². The Morgan fingerprint density at radius 1 is 1.73 bits per heavy atom. The molecule has 1 aliphatic rings. The highest BCUT2D eigenvalue weighted by Crippen LogP contribution is 2.17. The second-order valence-corrected chi connectivity index (χ2v) is 3.12. The molecule has 1 heterocycles. The Kier molecular flexibility index (Phi) is 2.88. The normalized spacial score (nSPS) is 31.7. The highest BCUT2D eigenvalue weighted by atomic mass is 16.4. The molecule has 3 heteroatoms. The Morgan fingerprint density at radius 3 is 3.00 bits per heavy atom. The topological polar surface area (TPSA) is 49.3 Å². The predicted molar refractivity (Wildman–Crippen MR) is 42.4 cm³/mol. The zero-order valence-corrected chi connectivity index (χ0v) is 6.84. The maximum Gasteiger partial charge on any atom is 0.306 e. The van der Waals surface area contributed by atoms with E-state index in [9.17, 15) is 4.79 Å². The molecule has 0 radical (unpaired) electrons. The summed E-state index contributed by atoms with van der Waals surface area (Å²) in [7, 11) is 0. The molecule has 3 nitrogen and oxygen atoms in total. The average Bonchev–Trinajstić information content (AvgIpc) is 2.05. The van der Waals surface area contributed by atoms with Crippen LogP contribution in [0, 0.1) is 5.92 Å². The Balaban J connectivity index is 2.39. The molecule has 0 spiro atoms.